The van der Waals surface area contributed by atoms with Crippen LogP contribution >= 0.6 is 0 Å². The van der Waals surface area contributed by atoms with E-state index in [-0.39, 0.29) is 5.82 Å². The van der Waals surface area contributed by atoms with Crippen molar-refractivity contribution in [3.63, 3.8) is 0 Å². The minimum Gasteiger partial charge on any atom is -0.302 e. The maximum Gasteiger partial charge on any atom is 0.128 e. The van der Waals surface area contributed by atoms with Crippen LogP contribution in [-0.4, -0.2) is 6.54 Å². The van der Waals surface area contributed by atoms with Crippen LogP contribution in [0.25, 0.3) is 0 Å². The Balaban J connectivity index is 2.35. The van der Waals surface area contributed by atoms with E-state index in [1.807, 2.05) is 11.1 Å². The highest BCUT2D eigenvalue weighted by molar-refractivity contribution is 5.73. The van der Waals surface area contributed by atoms with E-state index in [2.05, 4.69) is 17.9 Å². The van der Waals surface area contributed by atoms with Crippen LogP contribution in [0.1, 0.15) is 18.9 Å². The molecule has 0 aliphatic carbocycles. The summed E-state index contributed by atoms with van der Waals surface area (Å²) in [7, 11) is 0. The Bertz CT molecular complexity index is 351. The summed E-state index contributed by atoms with van der Waals surface area (Å²) in [6.45, 7) is 4.71. The zero-order valence-electron chi connectivity index (χ0n) is 8.39. The summed E-state index contributed by atoms with van der Waals surface area (Å²) >= 11 is 0. The summed E-state index contributed by atoms with van der Waals surface area (Å²) in [5.74, 6) is -0.157. The van der Waals surface area contributed by atoms with Gasteiger partial charge in [0.05, 0.1) is 11.4 Å². The summed E-state index contributed by atoms with van der Waals surface area (Å²) in [5, 5.41) is 1.91. The van der Waals surface area contributed by atoms with Crippen molar-refractivity contribution in [1.82, 2.24) is 5.53 Å². The molecule has 0 saturated carbocycles. The topological polar surface area (TPSA) is 27.3 Å². The molecule has 1 aromatic carbocycles. The Hall–Kier alpha value is -1.29. The predicted molar refractivity (Wildman–Crippen MR) is 55.5 cm³/mol. The Morgan fingerprint density at radius 1 is 1.43 bits per heavy atom. The number of aryl methyl sites for hydroxylation is 1. The SMILES string of the molecule is CCCN1NNc2cc(C)c(F)cc21. The summed E-state index contributed by atoms with van der Waals surface area (Å²) in [6, 6.07) is 3.38. The molecular weight excluding hydrogens is 181 g/mol. The molecule has 1 aliphatic rings. The maximum atomic E-state index is 13.3. The first-order valence-corrected chi connectivity index (χ1v) is 4.81. The lowest BCUT2D eigenvalue weighted by Gasteiger charge is -2.16. The number of hydrogen-bond acceptors (Lipinski definition) is 3. The average molecular weight is 195 g/mol. The quantitative estimate of drug-likeness (QED) is 0.757. The van der Waals surface area contributed by atoms with Gasteiger partial charge in [-0.1, -0.05) is 6.92 Å². The third kappa shape index (κ3) is 1.42. The van der Waals surface area contributed by atoms with Crippen LogP contribution in [0, 0.1) is 12.7 Å². The van der Waals surface area contributed by atoms with Gasteiger partial charge in [-0.05, 0) is 25.0 Å². The second-order valence-electron chi connectivity index (χ2n) is 3.51. The Kier molecular flexibility index (Phi) is 2.29. The number of rotatable bonds is 2. The minimum absolute atomic E-state index is 0.157. The molecule has 0 radical (unpaired) electrons. The number of anilines is 2. The molecule has 0 atom stereocenters. The zero-order valence-corrected chi connectivity index (χ0v) is 8.39. The van der Waals surface area contributed by atoms with Gasteiger partial charge in [0.2, 0.25) is 0 Å². The fraction of sp³-hybridized carbons (Fsp3) is 0.400. The van der Waals surface area contributed by atoms with E-state index >= 15 is 0 Å². The van der Waals surface area contributed by atoms with Gasteiger partial charge in [0.1, 0.15) is 5.82 Å². The fourth-order valence-electron chi connectivity index (χ4n) is 1.58. The molecule has 0 spiro atoms. The maximum absolute atomic E-state index is 13.3. The van der Waals surface area contributed by atoms with Crippen molar-refractivity contribution in [2.45, 2.75) is 20.3 Å². The van der Waals surface area contributed by atoms with Gasteiger partial charge in [0.25, 0.3) is 0 Å². The molecular formula is C10H14FN3. The van der Waals surface area contributed by atoms with E-state index in [0.717, 1.165) is 24.3 Å². The Morgan fingerprint density at radius 2 is 2.21 bits per heavy atom. The van der Waals surface area contributed by atoms with Gasteiger partial charge in [0, 0.05) is 12.6 Å². The van der Waals surface area contributed by atoms with Crippen LogP contribution in [0.4, 0.5) is 15.8 Å². The third-order valence-electron chi connectivity index (χ3n) is 2.34. The first-order chi connectivity index (χ1) is 6.72. The summed E-state index contributed by atoms with van der Waals surface area (Å²) in [5.41, 5.74) is 8.50. The molecule has 14 heavy (non-hydrogen) atoms. The van der Waals surface area contributed by atoms with Crippen molar-refractivity contribution in [2.24, 2.45) is 0 Å². The number of nitrogens with zero attached hydrogens (tertiary/aromatic N) is 1. The standard InChI is InChI=1S/C10H14FN3/c1-3-4-14-10-6-8(11)7(2)5-9(10)12-13-14/h5-6,12-13H,3-4H2,1-2H3. The molecule has 3 nitrogen and oxygen atoms in total. The van der Waals surface area contributed by atoms with Crippen molar-refractivity contribution in [3.05, 3.63) is 23.5 Å². The molecule has 76 valence electrons. The number of fused-ring (bicyclic) bond motifs is 1. The van der Waals surface area contributed by atoms with Gasteiger partial charge in [-0.2, -0.15) is 0 Å². The van der Waals surface area contributed by atoms with Crippen LogP contribution in [0.15, 0.2) is 12.1 Å². The monoisotopic (exact) mass is 195 g/mol. The van der Waals surface area contributed by atoms with Crippen molar-refractivity contribution in [2.75, 3.05) is 17.0 Å². The second-order valence-corrected chi connectivity index (χ2v) is 3.51. The summed E-state index contributed by atoms with van der Waals surface area (Å²) < 4.78 is 13.3. The van der Waals surface area contributed by atoms with Crippen LogP contribution < -0.4 is 16.0 Å². The van der Waals surface area contributed by atoms with Crippen LogP contribution in [0.5, 0.6) is 0 Å². The fourth-order valence-corrected chi connectivity index (χ4v) is 1.58. The van der Waals surface area contributed by atoms with Crippen LogP contribution in [-0.2, 0) is 0 Å². The normalized spacial score (nSPS) is 14.1. The van der Waals surface area contributed by atoms with Crippen molar-refractivity contribution in [3.8, 4) is 0 Å². The molecule has 2 rings (SSSR count). The molecule has 0 unspecified atom stereocenters. The zero-order chi connectivity index (χ0) is 10.1. The summed E-state index contributed by atoms with van der Waals surface area (Å²) in [6.07, 6.45) is 1.02. The lowest BCUT2D eigenvalue weighted by Crippen LogP contribution is -2.36. The molecule has 1 aromatic rings. The van der Waals surface area contributed by atoms with E-state index in [9.17, 15) is 4.39 Å². The first kappa shape index (κ1) is 9.27. The van der Waals surface area contributed by atoms with Crippen LogP contribution in [0.3, 0.4) is 0 Å². The number of hydrogen-bond donors (Lipinski definition) is 2. The smallest absolute Gasteiger partial charge is 0.128 e. The molecule has 1 aliphatic heterocycles. The van der Waals surface area contributed by atoms with Gasteiger partial charge in [-0.3, -0.25) is 5.01 Å². The van der Waals surface area contributed by atoms with E-state index < -0.39 is 0 Å². The molecule has 2 N–H and O–H groups in total. The lowest BCUT2D eigenvalue weighted by atomic mass is 10.2. The van der Waals surface area contributed by atoms with E-state index in [4.69, 9.17) is 0 Å². The van der Waals surface area contributed by atoms with Crippen molar-refractivity contribution >= 4 is 11.4 Å². The number of halogens is 1. The summed E-state index contributed by atoms with van der Waals surface area (Å²) in [4.78, 5) is 0. The largest absolute Gasteiger partial charge is 0.302 e. The molecule has 0 fully saturated rings. The van der Waals surface area contributed by atoms with Crippen molar-refractivity contribution in [1.29, 1.82) is 0 Å². The molecule has 0 amide bonds. The van der Waals surface area contributed by atoms with E-state index in [0.29, 0.717) is 5.56 Å². The van der Waals surface area contributed by atoms with Gasteiger partial charge in [-0.25, -0.2) is 4.39 Å². The number of hydrazine groups is 2. The predicted octanol–water partition coefficient (Wildman–Crippen LogP) is 2.20. The Labute approximate surface area is 82.9 Å². The van der Waals surface area contributed by atoms with Crippen molar-refractivity contribution < 1.29 is 4.39 Å². The molecule has 0 bridgehead atoms. The van der Waals surface area contributed by atoms with Gasteiger partial charge in [0.15, 0.2) is 0 Å². The third-order valence-corrected chi connectivity index (χ3v) is 2.34. The Morgan fingerprint density at radius 3 is 2.93 bits per heavy atom. The minimum atomic E-state index is -0.157. The molecule has 1 heterocycles. The van der Waals surface area contributed by atoms with Gasteiger partial charge >= 0.3 is 0 Å². The highest BCUT2D eigenvalue weighted by Crippen LogP contribution is 2.31. The lowest BCUT2D eigenvalue weighted by molar-refractivity contribution is 0.617. The van der Waals surface area contributed by atoms with E-state index in [1.165, 1.54) is 0 Å². The average Bonchev–Trinajstić information content (AvgIpc) is 2.51. The highest BCUT2D eigenvalue weighted by atomic mass is 19.1. The molecule has 0 saturated heterocycles. The van der Waals surface area contributed by atoms with Crippen LogP contribution in [0.2, 0.25) is 0 Å². The molecule has 4 heteroatoms. The first-order valence-electron chi connectivity index (χ1n) is 4.81. The number of benzene rings is 1. The molecule has 0 aromatic heterocycles. The van der Waals surface area contributed by atoms with E-state index in [1.54, 1.807) is 13.0 Å². The number of nitrogens with one attached hydrogen (secondary N) is 2. The highest BCUT2D eigenvalue weighted by Gasteiger charge is 2.18. The van der Waals surface area contributed by atoms with Gasteiger partial charge in [-0.15, -0.1) is 5.53 Å². The van der Waals surface area contributed by atoms with Gasteiger partial charge < -0.3 is 5.43 Å². The second kappa shape index (κ2) is 3.46.